The maximum absolute atomic E-state index is 11.1. The van der Waals surface area contributed by atoms with Gasteiger partial charge in [-0.1, -0.05) is 60.7 Å². The number of hydrogen-bond donors (Lipinski definition) is 3. The Balaban J connectivity index is 1.42. The average molecular weight is 434 g/mol. The zero-order valence-electron chi connectivity index (χ0n) is 18.2. The molecule has 3 aromatic rings. The van der Waals surface area contributed by atoms with Crippen LogP contribution < -0.4 is 14.8 Å². The molecule has 0 aliphatic carbocycles. The molecule has 1 fully saturated rings. The van der Waals surface area contributed by atoms with E-state index in [0.29, 0.717) is 44.7 Å². The minimum Gasteiger partial charge on any atom is -0.490 e. The molecule has 1 unspecified atom stereocenters. The molecule has 5 nitrogen and oxygen atoms in total. The molecule has 0 radical (unpaired) electrons. The number of benzene rings is 3. The second-order valence-electron chi connectivity index (χ2n) is 8.45. The van der Waals surface area contributed by atoms with Gasteiger partial charge in [-0.25, -0.2) is 0 Å². The van der Waals surface area contributed by atoms with Gasteiger partial charge in [0.25, 0.3) is 0 Å². The number of piperidine rings is 1. The van der Waals surface area contributed by atoms with Crippen molar-refractivity contribution in [3.8, 4) is 11.5 Å². The van der Waals surface area contributed by atoms with Crippen molar-refractivity contribution in [2.24, 2.45) is 0 Å². The van der Waals surface area contributed by atoms with Gasteiger partial charge in [0.2, 0.25) is 0 Å². The molecule has 0 bridgehead atoms. The Morgan fingerprint density at radius 3 is 2.16 bits per heavy atom. The quantitative estimate of drug-likeness (QED) is 0.480. The summed E-state index contributed by atoms with van der Waals surface area (Å²) in [6, 6.07) is 27.7. The molecule has 1 saturated heterocycles. The van der Waals surface area contributed by atoms with Gasteiger partial charge >= 0.3 is 0 Å². The van der Waals surface area contributed by atoms with Crippen molar-refractivity contribution in [2.75, 3.05) is 13.1 Å². The van der Waals surface area contributed by atoms with Crippen molar-refractivity contribution in [2.45, 2.75) is 43.7 Å². The van der Waals surface area contributed by atoms with Gasteiger partial charge in [0.05, 0.1) is 11.7 Å². The Hall–Kier alpha value is -2.86. The third kappa shape index (κ3) is 6.10. The summed E-state index contributed by atoms with van der Waals surface area (Å²) < 4.78 is 12.2. The topological polar surface area (TPSA) is 71.0 Å². The molecule has 5 heteroatoms. The molecular formula is C27H31NO4. The molecule has 0 amide bonds. The van der Waals surface area contributed by atoms with Gasteiger partial charge in [-0.2, -0.15) is 0 Å². The van der Waals surface area contributed by atoms with E-state index in [0.717, 1.165) is 16.9 Å². The smallest absolute Gasteiger partial charge is 0.120 e. The van der Waals surface area contributed by atoms with Crippen molar-refractivity contribution in [3.05, 3.63) is 96.1 Å². The highest BCUT2D eigenvalue weighted by Crippen LogP contribution is 2.29. The van der Waals surface area contributed by atoms with Crippen LogP contribution in [0.2, 0.25) is 0 Å². The zero-order chi connectivity index (χ0) is 22.2. The van der Waals surface area contributed by atoms with Gasteiger partial charge in [0, 0.05) is 19.4 Å². The predicted octanol–water partition coefficient (Wildman–Crippen LogP) is 3.73. The van der Waals surface area contributed by atoms with Crippen LogP contribution in [0.25, 0.3) is 0 Å². The number of aliphatic hydroxyl groups is 2. The summed E-state index contributed by atoms with van der Waals surface area (Å²) in [6.07, 6.45) is 0.417. The lowest BCUT2D eigenvalue weighted by atomic mass is 9.83. The lowest BCUT2D eigenvalue weighted by Gasteiger charge is -2.39. The van der Waals surface area contributed by atoms with Crippen LogP contribution in [-0.2, 0) is 13.0 Å². The highest BCUT2D eigenvalue weighted by atomic mass is 16.5. The molecule has 0 aromatic heterocycles. The van der Waals surface area contributed by atoms with Gasteiger partial charge in [-0.05, 0) is 48.4 Å². The number of β-amino-alcohol motifs (C(OH)–C–C–N with tert-alkyl or cyclic N) is 1. The monoisotopic (exact) mass is 433 g/mol. The van der Waals surface area contributed by atoms with Gasteiger partial charge in [0.1, 0.15) is 24.2 Å². The maximum Gasteiger partial charge on any atom is 0.120 e. The normalized spacial score (nSPS) is 21.6. The van der Waals surface area contributed by atoms with Crippen LogP contribution in [0, 0.1) is 0 Å². The summed E-state index contributed by atoms with van der Waals surface area (Å²) >= 11 is 0. The molecule has 1 aliphatic rings. The Morgan fingerprint density at radius 2 is 1.50 bits per heavy atom. The van der Waals surface area contributed by atoms with E-state index in [1.54, 1.807) is 0 Å². The molecule has 3 atom stereocenters. The summed E-state index contributed by atoms with van der Waals surface area (Å²) in [4.78, 5) is 0. The van der Waals surface area contributed by atoms with Gasteiger partial charge in [-0.3, -0.25) is 0 Å². The zero-order valence-corrected chi connectivity index (χ0v) is 18.2. The van der Waals surface area contributed by atoms with Crippen LogP contribution in [0.1, 0.15) is 24.0 Å². The van der Waals surface area contributed by atoms with Gasteiger partial charge in [0.15, 0.2) is 0 Å². The van der Waals surface area contributed by atoms with Gasteiger partial charge in [-0.15, -0.1) is 0 Å². The molecular weight excluding hydrogens is 402 g/mol. The van der Waals surface area contributed by atoms with Crippen LogP contribution >= 0.6 is 0 Å². The Labute approximate surface area is 189 Å². The predicted molar refractivity (Wildman–Crippen MR) is 125 cm³/mol. The Kier molecular flexibility index (Phi) is 7.43. The van der Waals surface area contributed by atoms with Crippen molar-refractivity contribution in [1.29, 1.82) is 0 Å². The number of ether oxygens (including phenoxy) is 2. The third-order valence-electron chi connectivity index (χ3n) is 5.95. The molecule has 4 rings (SSSR count). The molecule has 0 saturated carbocycles. The van der Waals surface area contributed by atoms with E-state index in [-0.39, 0.29) is 6.10 Å². The van der Waals surface area contributed by atoms with E-state index in [1.165, 1.54) is 0 Å². The number of nitrogens with one attached hydrogen (secondary N) is 1. The van der Waals surface area contributed by atoms with E-state index in [2.05, 4.69) is 17.4 Å². The standard InChI is InChI=1S/C27H31NO4/c29-26-19-28-16-15-27(26,30)18-25(17-21-7-3-1-4-8-21)32-24-13-11-23(12-14-24)31-20-22-9-5-2-6-10-22/h1-14,25-26,28-30H,15-20H2/t25?,26-,27-/m0/s1. The van der Waals surface area contributed by atoms with Crippen LogP contribution in [0.15, 0.2) is 84.9 Å². The van der Waals surface area contributed by atoms with E-state index in [1.807, 2.05) is 72.8 Å². The fraction of sp³-hybridized carbons (Fsp3) is 0.333. The van der Waals surface area contributed by atoms with Crippen molar-refractivity contribution in [1.82, 2.24) is 5.32 Å². The molecule has 168 valence electrons. The SMILES string of the molecule is O[C@H]1CNCC[C@]1(O)CC(Cc1ccccc1)Oc1ccc(OCc2ccccc2)cc1. The summed E-state index contributed by atoms with van der Waals surface area (Å²) in [5.41, 5.74) is 1.08. The Morgan fingerprint density at radius 1 is 0.875 bits per heavy atom. The minimum atomic E-state index is -1.16. The first-order chi connectivity index (χ1) is 15.6. The fourth-order valence-electron chi connectivity index (χ4n) is 4.11. The lowest BCUT2D eigenvalue weighted by molar-refractivity contribution is -0.111. The fourth-order valence-corrected chi connectivity index (χ4v) is 4.11. The van der Waals surface area contributed by atoms with E-state index in [9.17, 15) is 10.2 Å². The molecule has 1 aliphatic heterocycles. The Bertz CT molecular complexity index is 948. The lowest BCUT2D eigenvalue weighted by Crippen LogP contribution is -2.56. The van der Waals surface area contributed by atoms with E-state index < -0.39 is 11.7 Å². The number of rotatable bonds is 9. The molecule has 1 heterocycles. The first-order valence-electron chi connectivity index (χ1n) is 11.2. The first kappa shape index (κ1) is 22.3. The minimum absolute atomic E-state index is 0.272. The first-order valence-corrected chi connectivity index (χ1v) is 11.2. The van der Waals surface area contributed by atoms with Crippen LogP contribution in [0.3, 0.4) is 0 Å². The average Bonchev–Trinajstić information content (AvgIpc) is 2.82. The van der Waals surface area contributed by atoms with E-state index >= 15 is 0 Å². The highest BCUT2D eigenvalue weighted by Gasteiger charge is 2.40. The highest BCUT2D eigenvalue weighted by molar-refractivity contribution is 5.32. The van der Waals surface area contributed by atoms with Gasteiger partial charge < -0.3 is 25.0 Å². The largest absolute Gasteiger partial charge is 0.490 e. The van der Waals surface area contributed by atoms with Crippen molar-refractivity contribution >= 4 is 0 Å². The second-order valence-corrected chi connectivity index (χ2v) is 8.45. The summed E-state index contributed by atoms with van der Waals surface area (Å²) in [6.45, 7) is 1.58. The molecule has 32 heavy (non-hydrogen) atoms. The number of aliphatic hydroxyl groups excluding tert-OH is 1. The van der Waals surface area contributed by atoms with Crippen LogP contribution in [0.4, 0.5) is 0 Å². The molecule has 0 spiro atoms. The summed E-state index contributed by atoms with van der Waals surface area (Å²) in [7, 11) is 0. The summed E-state index contributed by atoms with van der Waals surface area (Å²) in [5, 5.41) is 24.6. The third-order valence-corrected chi connectivity index (χ3v) is 5.95. The maximum atomic E-state index is 11.1. The number of hydrogen-bond acceptors (Lipinski definition) is 5. The summed E-state index contributed by atoms with van der Waals surface area (Å²) in [5.74, 6) is 1.48. The molecule has 3 N–H and O–H groups in total. The van der Waals surface area contributed by atoms with E-state index in [4.69, 9.17) is 9.47 Å². The second kappa shape index (κ2) is 10.6. The van der Waals surface area contributed by atoms with Crippen LogP contribution in [-0.4, -0.2) is 41.1 Å². The van der Waals surface area contributed by atoms with Crippen molar-refractivity contribution < 1.29 is 19.7 Å². The molecule has 3 aromatic carbocycles. The van der Waals surface area contributed by atoms with Crippen molar-refractivity contribution in [3.63, 3.8) is 0 Å². The van der Waals surface area contributed by atoms with Crippen LogP contribution in [0.5, 0.6) is 11.5 Å².